The van der Waals surface area contributed by atoms with Crippen LogP contribution in [0.3, 0.4) is 0 Å². The lowest BCUT2D eigenvalue weighted by Gasteiger charge is -2.20. The number of rotatable bonds is 4. The summed E-state index contributed by atoms with van der Waals surface area (Å²) in [6.45, 7) is 0. The van der Waals surface area contributed by atoms with Crippen LogP contribution in [0.15, 0.2) is 0 Å². The normalized spacial score (nSPS) is 36.7. The van der Waals surface area contributed by atoms with Gasteiger partial charge < -0.3 is 4.74 Å². The van der Waals surface area contributed by atoms with Crippen LogP contribution >= 0.6 is 0 Å². The molecule has 3 aliphatic rings. The maximum absolute atomic E-state index is 8.97. The van der Waals surface area contributed by atoms with E-state index < -0.39 is 0 Å². The van der Waals surface area contributed by atoms with Crippen LogP contribution in [-0.2, 0) is 4.74 Å². The Morgan fingerprint density at radius 1 is 1.25 bits per heavy atom. The summed E-state index contributed by atoms with van der Waals surface area (Å²) in [5.74, 6) is 0.878. The monoisotopic (exact) mass is 220 g/mol. The molecule has 2 atom stereocenters. The number of hydrogen-bond donors (Lipinski definition) is 1. The van der Waals surface area contributed by atoms with E-state index in [0.29, 0.717) is 6.10 Å². The maximum Gasteiger partial charge on any atom is 0.136 e. The van der Waals surface area contributed by atoms with Crippen LogP contribution in [0.25, 0.3) is 0 Å². The summed E-state index contributed by atoms with van der Waals surface area (Å²) in [6.07, 6.45) is 10.8. The minimum atomic E-state index is -0.216. The summed E-state index contributed by atoms with van der Waals surface area (Å²) in [7, 11) is 0. The summed E-state index contributed by atoms with van der Waals surface area (Å²) in [5, 5.41) is 12.3. The Labute approximate surface area is 97.2 Å². The van der Waals surface area contributed by atoms with E-state index in [1.54, 1.807) is 0 Å². The van der Waals surface area contributed by atoms with Gasteiger partial charge in [-0.05, 0) is 25.2 Å². The number of hydrogen-bond acceptors (Lipinski definition) is 3. The molecule has 16 heavy (non-hydrogen) atoms. The molecular weight excluding hydrogens is 200 g/mol. The molecule has 3 nitrogen and oxygen atoms in total. The van der Waals surface area contributed by atoms with Gasteiger partial charge in [0.25, 0.3) is 0 Å². The molecule has 0 bridgehead atoms. The molecule has 0 aromatic heterocycles. The van der Waals surface area contributed by atoms with E-state index in [1.165, 1.54) is 38.5 Å². The Hall–Kier alpha value is -0.590. The molecule has 2 saturated carbocycles. The first kappa shape index (κ1) is 10.6. The molecule has 2 unspecified atom stereocenters. The van der Waals surface area contributed by atoms with Gasteiger partial charge in [-0.3, -0.25) is 5.32 Å². The molecule has 3 fully saturated rings. The molecule has 0 aromatic rings. The number of nitrogens with zero attached hydrogens (tertiary/aromatic N) is 1. The smallest absolute Gasteiger partial charge is 0.136 e. The Kier molecular flexibility index (Phi) is 2.65. The Morgan fingerprint density at radius 2 is 2.00 bits per heavy atom. The minimum Gasteiger partial charge on any atom is -0.353 e. The van der Waals surface area contributed by atoms with Gasteiger partial charge >= 0.3 is 0 Å². The first-order valence-electron chi connectivity index (χ1n) is 6.66. The lowest BCUT2D eigenvalue weighted by molar-refractivity contribution is 0.283. The van der Waals surface area contributed by atoms with Crippen LogP contribution in [0.2, 0.25) is 0 Å². The fourth-order valence-electron chi connectivity index (χ4n) is 2.89. The SMILES string of the molecule is N#CC1(NC2OC2CC2CCCCC2)CC1. The average molecular weight is 220 g/mol. The van der Waals surface area contributed by atoms with Gasteiger partial charge in [-0.2, -0.15) is 5.26 Å². The zero-order valence-electron chi connectivity index (χ0n) is 9.74. The van der Waals surface area contributed by atoms with Gasteiger partial charge in [0, 0.05) is 0 Å². The highest BCUT2D eigenvalue weighted by Gasteiger charge is 2.51. The van der Waals surface area contributed by atoms with Crippen molar-refractivity contribution in [2.24, 2.45) is 5.92 Å². The predicted molar refractivity (Wildman–Crippen MR) is 60.6 cm³/mol. The molecule has 1 aliphatic heterocycles. The molecule has 1 heterocycles. The van der Waals surface area contributed by atoms with Gasteiger partial charge in [0.15, 0.2) is 0 Å². The molecule has 88 valence electrons. The standard InChI is InChI=1S/C13H20N2O/c14-9-13(6-7-13)15-12-11(16-12)8-10-4-2-1-3-5-10/h10-12,15H,1-8H2. The molecule has 0 aromatic carbocycles. The van der Waals surface area contributed by atoms with E-state index in [1.807, 2.05) is 0 Å². The number of epoxide rings is 1. The van der Waals surface area contributed by atoms with Gasteiger partial charge in [0.2, 0.25) is 0 Å². The zero-order chi connectivity index (χ0) is 11.0. The van der Waals surface area contributed by atoms with E-state index >= 15 is 0 Å². The molecular formula is C13H20N2O. The third-order valence-corrected chi connectivity index (χ3v) is 4.26. The van der Waals surface area contributed by atoms with Crippen LogP contribution in [0.5, 0.6) is 0 Å². The van der Waals surface area contributed by atoms with Crippen molar-refractivity contribution in [3.63, 3.8) is 0 Å². The first-order chi connectivity index (χ1) is 7.81. The molecule has 3 heteroatoms. The number of ether oxygens (including phenoxy) is 1. The number of nitriles is 1. The van der Waals surface area contributed by atoms with Crippen molar-refractivity contribution < 1.29 is 4.74 Å². The second-order valence-electron chi connectivity index (χ2n) is 5.67. The summed E-state index contributed by atoms with van der Waals surface area (Å²) in [4.78, 5) is 0. The first-order valence-corrected chi connectivity index (χ1v) is 6.66. The lowest BCUT2D eigenvalue weighted by atomic mass is 9.86. The highest BCUT2D eigenvalue weighted by atomic mass is 16.6. The van der Waals surface area contributed by atoms with E-state index in [2.05, 4.69) is 11.4 Å². The maximum atomic E-state index is 8.97. The average Bonchev–Trinajstić information content (AvgIpc) is 3.22. The molecule has 0 amide bonds. The van der Waals surface area contributed by atoms with Gasteiger partial charge in [0.1, 0.15) is 11.8 Å². The van der Waals surface area contributed by atoms with Crippen LogP contribution < -0.4 is 5.32 Å². The molecule has 0 spiro atoms. The van der Waals surface area contributed by atoms with Gasteiger partial charge in [0.05, 0.1) is 12.2 Å². The molecule has 1 saturated heterocycles. The van der Waals surface area contributed by atoms with Crippen molar-refractivity contribution >= 4 is 0 Å². The second kappa shape index (κ2) is 4.01. The third kappa shape index (κ3) is 2.23. The highest BCUT2D eigenvalue weighted by Crippen LogP contribution is 2.40. The zero-order valence-corrected chi connectivity index (χ0v) is 9.74. The summed E-state index contributed by atoms with van der Waals surface area (Å²) in [6, 6.07) is 2.36. The summed E-state index contributed by atoms with van der Waals surface area (Å²) in [5.41, 5.74) is -0.216. The quantitative estimate of drug-likeness (QED) is 0.740. The fraction of sp³-hybridized carbons (Fsp3) is 0.923. The lowest BCUT2D eigenvalue weighted by Crippen LogP contribution is -2.33. The van der Waals surface area contributed by atoms with E-state index in [9.17, 15) is 0 Å². The Balaban J connectivity index is 1.41. The second-order valence-corrected chi connectivity index (χ2v) is 5.67. The highest BCUT2D eigenvalue weighted by molar-refractivity contribution is 5.19. The van der Waals surface area contributed by atoms with Crippen molar-refractivity contribution in [3.8, 4) is 6.07 Å². The predicted octanol–water partition coefficient (Wildman–Crippen LogP) is 2.33. The molecule has 2 aliphatic carbocycles. The van der Waals surface area contributed by atoms with E-state index in [0.717, 1.165) is 18.8 Å². The van der Waals surface area contributed by atoms with Crippen molar-refractivity contribution in [2.75, 3.05) is 0 Å². The van der Waals surface area contributed by atoms with Crippen molar-refractivity contribution in [1.82, 2.24) is 5.32 Å². The van der Waals surface area contributed by atoms with Crippen molar-refractivity contribution in [3.05, 3.63) is 0 Å². The summed E-state index contributed by atoms with van der Waals surface area (Å²) >= 11 is 0. The van der Waals surface area contributed by atoms with Crippen molar-refractivity contribution in [2.45, 2.75) is 69.2 Å². The Bertz CT molecular complexity index is 300. The van der Waals surface area contributed by atoms with Crippen molar-refractivity contribution in [1.29, 1.82) is 5.26 Å². The van der Waals surface area contributed by atoms with Gasteiger partial charge in [-0.15, -0.1) is 0 Å². The van der Waals surface area contributed by atoms with Crippen LogP contribution in [0.4, 0.5) is 0 Å². The van der Waals surface area contributed by atoms with Gasteiger partial charge in [-0.1, -0.05) is 32.1 Å². The Morgan fingerprint density at radius 3 is 2.62 bits per heavy atom. The minimum absolute atomic E-state index is 0.184. The van der Waals surface area contributed by atoms with Crippen LogP contribution in [-0.4, -0.2) is 17.9 Å². The molecule has 0 radical (unpaired) electrons. The van der Waals surface area contributed by atoms with E-state index in [4.69, 9.17) is 10.00 Å². The third-order valence-electron chi connectivity index (χ3n) is 4.26. The molecule has 1 N–H and O–H groups in total. The largest absolute Gasteiger partial charge is 0.353 e. The van der Waals surface area contributed by atoms with Crippen LogP contribution in [0.1, 0.15) is 51.4 Å². The van der Waals surface area contributed by atoms with Crippen LogP contribution in [0, 0.1) is 17.2 Å². The number of nitrogens with one attached hydrogen (secondary N) is 1. The topological polar surface area (TPSA) is 48.4 Å². The van der Waals surface area contributed by atoms with E-state index in [-0.39, 0.29) is 11.8 Å². The van der Waals surface area contributed by atoms with Gasteiger partial charge in [-0.25, -0.2) is 0 Å². The fourth-order valence-corrected chi connectivity index (χ4v) is 2.89. The molecule has 3 rings (SSSR count). The summed E-state index contributed by atoms with van der Waals surface area (Å²) < 4.78 is 5.64.